The van der Waals surface area contributed by atoms with Gasteiger partial charge in [-0.2, -0.15) is 0 Å². The maximum absolute atomic E-state index is 12.9. The standard InChI is InChI=1S/C17H27N2O7PS/c1-5-24-27(22,25-6-2)11-18-28(23)15(19-16(20)21)13-9-7-8-12-10-17(3,4)26-14(12)13/h7-9,15,18-19H,5-6,10-11H2,1-4H3,(H,20,21). The zero-order valence-electron chi connectivity index (χ0n) is 16.4. The molecule has 2 atom stereocenters. The zero-order chi connectivity index (χ0) is 20.9. The number of rotatable bonds is 10. The minimum atomic E-state index is -3.49. The second kappa shape index (κ2) is 9.47. The highest BCUT2D eigenvalue weighted by molar-refractivity contribution is 7.90. The van der Waals surface area contributed by atoms with E-state index in [0.29, 0.717) is 17.7 Å². The zero-order valence-corrected chi connectivity index (χ0v) is 18.1. The van der Waals surface area contributed by atoms with Crippen LogP contribution in [-0.4, -0.2) is 40.9 Å². The van der Waals surface area contributed by atoms with E-state index in [9.17, 15) is 19.0 Å². The van der Waals surface area contributed by atoms with Gasteiger partial charge in [0.1, 0.15) is 17.6 Å². The van der Waals surface area contributed by atoms with Gasteiger partial charge in [0.2, 0.25) is 5.37 Å². The molecule has 0 saturated heterocycles. The third-order valence-corrected chi connectivity index (χ3v) is 7.22. The molecule has 2 unspecified atom stereocenters. The largest absolute Gasteiger partial charge is 0.596 e. The van der Waals surface area contributed by atoms with E-state index >= 15 is 0 Å². The van der Waals surface area contributed by atoms with E-state index in [-0.39, 0.29) is 19.5 Å². The van der Waals surface area contributed by atoms with Crippen molar-refractivity contribution in [2.45, 2.75) is 45.1 Å². The van der Waals surface area contributed by atoms with Crippen LogP contribution in [0.4, 0.5) is 4.79 Å². The number of fused-ring (bicyclic) bond motifs is 1. The van der Waals surface area contributed by atoms with Gasteiger partial charge in [-0.05, 0) is 39.3 Å². The van der Waals surface area contributed by atoms with Crippen molar-refractivity contribution < 1.29 is 32.8 Å². The molecule has 9 nitrogen and oxygen atoms in total. The third kappa shape index (κ3) is 5.85. The minimum Gasteiger partial charge on any atom is -0.596 e. The molecule has 11 heteroatoms. The topological polar surface area (TPSA) is 129 Å². The molecule has 1 amide bonds. The Morgan fingerprint density at radius 1 is 1.39 bits per heavy atom. The van der Waals surface area contributed by atoms with E-state index in [1.54, 1.807) is 26.0 Å². The molecule has 0 radical (unpaired) electrons. The first kappa shape index (κ1) is 23.0. The molecule has 158 valence electrons. The molecule has 1 heterocycles. The van der Waals surface area contributed by atoms with Crippen LogP contribution >= 0.6 is 7.60 Å². The number of carboxylic acid groups (broad SMARTS) is 1. The molecule has 0 bridgehead atoms. The lowest BCUT2D eigenvalue weighted by molar-refractivity contribution is 0.137. The van der Waals surface area contributed by atoms with Crippen molar-refractivity contribution in [1.29, 1.82) is 0 Å². The van der Waals surface area contributed by atoms with Gasteiger partial charge in [0, 0.05) is 6.42 Å². The highest BCUT2D eigenvalue weighted by Crippen LogP contribution is 2.47. The highest BCUT2D eigenvalue weighted by atomic mass is 32.2. The summed E-state index contributed by atoms with van der Waals surface area (Å²) < 4.78 is 44.3. The fourth-order valence-corrected chi connectivity index (χ4v) is 5.93. The van der Waals surface area contributed by atoms with Gasteiger partial charge in [0.15, 0.2) is 0 Å². The summed E-state index contributed by atoms with van der Waals surface area (Å²) in [5.41, 5.74) is 0.908. The van der Waals surface area contributed by atoms with E-state index in [2.05, 4.69) is 10.0 Å². The molecule has 0 aromatic heterocycles. The number of hydrogen-bond donors (Lipinski definition) is 3. The number of ether oxygens (including phenoxy) is 1. The van der Waals surface area contributed by atoms with Crippen LogP contribution in [0.3, 0.4) is 0 Å². The molecule has 0 spiro atoms. The van der Waals surface area contributed by atoms with Crippen molar-refractivity contribution in [3.8, 4) is 5.75 Å². The lowest BCUT2D eigenvalue weighted by Crippen LogP contribution is -2.40. The maximum Gasteiger partial charge on any atom is 0.408 e. The number of benzene rings is 1. The van der Waals surface area contributed by atoms with Crippen molar-refractivity contribution in [1.82, 2.24) is 10.0 Å². The second-order valence-electron chi connectivity index (χ2n) is 6.75. The first-order valence-corrected chi connectivity index (χ1v) is 11.9. The molecular weight excluding hydrogens is 407 g/mol. The lowest BCUT2D eigenvalue weighted by atomic mass is 10.0. The van der Waals surface area contributed by atoms with Gasteiger partial charge in [-0.15, -0.1) is 4.72 Å². The molecule has 0 saturated carbocycles. The Kier molecular flexibility index (Phi) is 7.78. The predicted octanol–water partition coefficient (Wildman–Crippen LogP) is 3.14. The van der Waals surface area contributed by atoms with E-state index in [0.717, 1.165) is 5.56 Å². The van der Waals surface area contributed by atoms with Crippen molar-refractivity contribution in [3.63, 3.8) is 0 Å². The Morgan fingerprint density at radius 3 is 2.61 bits per heavy atom. The van der Waals surface area contributed by atoms with E-state index in [4.69, 9.17) is 13.8 Å². The molecule has 0 fully saturated rings. The van der Waals surface area contributed by atoms with Crippen LogP contribution in [0.25, 0.3) is 0 Å². The molecule has 1 aliphatic rings. The van der Waals surface area contributed by atoms with Crippen LogP contribution in [-0.2, 0) is 31.4 Å². The van der Waals surface area contributed by atoms with Crippen molar-refractivity contribution in [2.75, 3.05) is 19.5 Å². The smallest absolute Gasteiger partial charge is 0.408 e. The summed E-state index contributed by atoms with van der Waals surface area (Å²) in [6.45, 7) is 7.51. The Bertz CT molecular complexity index is 736. The monoisotopic (exact) mass is 434 g/mol. The fraction of sp³-hybridized carbons (Fsp3) is 0.588. The summed E-state index contributed by atoms with van der Waals surface area (Å²) in [4.78, 5) is 11.3. The lowest BCUT2D eigenvalue weighted by Gasteiger charge is -2.25. The molecule has 1 aromatic rings. The minimum absolute atomic E-state index is 0.164. The van der Waals surface area contributed by atoms with Crippen LogP contribution in [0.1, 0.15) is 44.2 Å². The van der Waals surface area contributed by atoms with E-state index < -0.39 is 36.0 Å². The highest BCUT2D eigenvalue weighted by Gasteiger charge is 2.38. The van der Waals surface area contributed by atoms with Crippen LogP contribution in [0.2, 0.25) is 0 Å². The van der Waals surface area contributed by atoms with Crippen LogP contribution in [0.5, 0.6) is 5.75 Å². The SMILES string of the molecule is CCOP(=O)(CN[S+]([O-])C(NC(=O)O)c1cccc2c1OC(C)(C)C2)OCC. The van der Waals surface area contributed by atoms with Crippen molar-refractivity contribution >= 4 is 25.1 Å². The van der Waals surface area contributed by atoms with Gasteiger partial charge in [-0.1, -0.05) is 12.1 Å². The molecular formula is C17H27N2O7PS. The summed E-state index contributed by atoms with van der Waals surface area (Å²) in [6, 6.07) is 5.31. The van der Waals surface area contributed by atoms with Crippen molar-refractivity contribution in [2.24, 2.45) is 0 Å². The van der Waals surface area contributed by atoms with Crippen LogP contribution < -0.4 is 14.8 Å². The Hall–Kier alpha value is -1.29. The fourth-order valence-electron chi connectivity index (χ4n) is 2.95. The van der Waals surface area contributed by atoms with Gasteiger partial charge in [0.05, 0.1) is 30.1 Å². The van der Waals surface area contributed by atoms with Crippen molar-refractivity contribution in [3.05, 3.63) is 29.3 Å². The van der Waals surface area contributed by atoms with Crippen LogP contribution in [0.15, 0.2) is 18.2 Å². The molecule has 1 aliphatic heterocycles. The van der Waals surface area contributed by atoms with Gasteiger partial charge in [0.25, 0.3) is 0 Å². The molecule has 2 rings (SSSR count). The Morgan fingerprint density at radius 2 is 2.04 bits per heavy atom. The Labute approximate surface area is 168 Å². The summed E-state index contributed by atoms with van der Waals surface area (Å²) in [7, 11) is -3.49. The first-order chi connectivity index (χ1) is 13.1. The average molecular weight is 434 g/mol. The summed E-state index contributed by atoms with van der Waals surface area (Å²) in [5, 5.41) is 10.4. The second-order valence-corrected chi connectivity index (χ2v) is 10.2. The quantitative estimate of drug-likeness (QED) is 0.378. The van der Waals surface area contributed by atoms with Gasteiger partial charge >= 0.3 is 13.7 Å². The number of carbonyl (C=O) groups is 1. The van der Waals surface area contributed by atoms with Gasteiger partial charge < -0.3 is 23.4 Å². The number of nitrogens with one attached hydrogen (secondary N) is 2. The van der Waals surface area contributed by atoms with E-state index in [1.165, 1.54) is 0 Å². The third-order valence-electron chi connectivity index (χ3n) is 3.92. The first-order valence-electron chi connectivity index (χ1n) is 8.93. The molecule has 28 heavy (non-hydrogen) atoms. The predicted molar refractivity (Wildman–Crippen MR) is 106 cm³/mol. The summed E-state index contributed by atoms with van der Waals surface area (Å²) in [6.07, 6.45) is -1.01. The number of hydrogen-bond acceptors (Lipinski definition) is 7. The molecule has 0 aliphatic carbocycles. The molecule has 3 N–H and O–H groups in total. The van der Waals surface area contributed by atoms with Gasteiger partial charge in [-0.3, -0.25) is 9.88 Å². The summed E-state index contributed by atoms with van der Waals surface area (Å²) >= 11 is -1.95. The number of amides is 1. The Balaban J connectivity index is 2.24. The normalized spacial score (nSPS) is 17.5. The summed E-state index contributed by atoms with van der Waals surface area (Å²) in [5.74, 6) is 0.513. The van der Waals surface area contributed by atoms with Gasteiger partial charge in [-0.25, -0.2) is 4.79 Å². The maximum atomic E-state index is 12.9. The van der Waals surface area contributed by atoms with E-state index in [1.807, 2.05) is 19.9 Å². The number of para-hydroxylation sites is 1. The molecule has 1 aromatic carbocycles. The van der Waals surface area contributed by atoms with Crippen LogP contribution in [0, 0.1) is 0 Å². The average Bonchev–Trinajstić information content (AvgIpc) is 2.92.